The van der Waals surface area contributed by atoms with E-state index in [1.165, 1.54) is 0 Å². The van der Waals surface area contributed by atoms with Gasteiger partial charge in [0.05, 0.1) is 35.9 Å². The number of amides is 1. The van der Waals surface area contributed by atoms with E-state index in [9.17, 15) is 32.3 Å². The second-order valence-electron chi connectivity index (χ2n) is 7.32. The van der Waals surface area contributed by atoms with Crippen molar-refractivity contribution in [3.8, 4) is 0 Å². The topological polar surface area (TPSA) is 69.6 Å². The number of hydrogen-bond donors (Lipinski definition) is 2. The Balaban J connectivity index is 1.82. The van der Waals surface area contributed by atoms with Crippen LogP contribution in [-0.2, 0) is 22.2 Å². The normalized spacial score (nSPS) is 17.8. The first-order chi connectivity index (χ1) is 14.5. The number of aliphatic hydroxyl groups excluding tert-OH is 1. The van der Waals surface area contributed by atoms with Gasteiger partial charge in [-0.05, 0) is 36.6 Å². The standard InChI is InChI=1S/C21H19ClF4N2O3/c1-11(10-29)28-8-13-3-5-15(22)20(19(13)17(30)9-28)27-18(31)7-12-2-4-14(16(23)6-12)21(24,25)26/h2,4-6,8,11,29H,3,7,9-10H2,1H3,(H,27,31)/t11-/m1/s1. The summed E-state index contributed by atoms with van der Waals surface area (Å²) in [6.07, 6.45) is -1.53. The number of nitrogens with zero attached hydrogens (tertiary/aromatic N) is 1. The average molecular weight is 459 g/mol. The Morgan fingerprint density at radius 1 is 1.35 bits per heavy atom. The first-order valence-electron chi connectivity index (χ1n) is 9.38. The maximum absolute atomic E-state index is 13.8. The number of Topliss-reactive ketones (excluding diaryl/α,β-unsaturated/α-hetero) is 1. The highest BCUT2D eigenvalue weighted by atomic mass is 35.5. The minimum Gasteiger partial charge on any atom is -0.394 e. The summed E-state index contributed by atoms with van der Waals surface area (Å²) in [6, 6.07) is 1.99. The number of allylic oxidation sites excluding steroid dienone is 3. The fourth-order valence-corrected chi connectivity index (χ4v) is 3.61. The summed E-state index contributed by atoms with van der Waals surface area (Å²) in [4.78, 5) is 26.9. The summed E-state index contributed by atoms with van der Waals surface area (Å²) in [6.45, 7) is 1.62. The number of halogens is 5. The molecular formula is C21H19ClF4N2O3. The fraction of sp³-hybridized carbons (Fsp3) is 0.333. The second-order valence-corrected chi connectivity index (χ2v) is 7.73. The fourth-order valence-electron chi connectivity index (χ4n) is 3.39. The molecule has 10 heteroatoms. The predicted octanol–water partition coefficient (Wildman–Crippen LogP) is 3.43. The second kappa shape index (κ2) is 8.84. The first-order valence-corrected chi connectivity index (χ1v) is 9.75. The van der Waals surface area contributed by atoms with Gasteiger partial charge in [0.2, 0.25) is 5.91 Å². The predicted molar refractivity (Wildman–Crippen MR) is 105 cm³/mol. The lowest BCUT2D eigenvalue weighted by Crippen LogP contribution is -2.41. The van der Waals surface area contributed by atoms with Crippen molar-refractivity contribution in [3.05, 3.63) is 69.3 Å². The molecule has 31 heavy (non-hydrogen) atoms. The average Bonchev–Trinajstić information content (AvgIpc) is 2.68. The van der Waals surface area contributed by atoms with Crippen LogP contribution in [0.25, 0.3) is 0 Å². The molecule has 1 aromatic carbocycles. The van der Waals surface area contributed by atoms with Crippen molar-refractivity contribution in [3.63, 3.8) is 0 Å². The molecule has 5 nitrogen and oxygen atoms in total. The van der Waals surface area contributed by atoms with Crippen molar-refractivity contribution in [2.24, 2.45) is 0 Å². The van der Waals surface area contributed by atoms with Gasteiger partial charge in [-0.2, -0.15) is 13.2 Å². The molecule has 0 radical (unpaired) electrons. The van der Waals surface area contributed by atoms with Gasteiger partial charge in [-0.3, -0.25) is 9.59 Å². The Hall–Kier alpha value is -2.65. The Kier molecular flexibility index (Phi) is 6.56. The molecule has 0 bridgehead atoms. The molecule has 1 atom stereocenters. The van der Waals surface area contributed by atoms with Gasteiger partial charge in [0, 0.05) is 17.8 Å². The Morgan fingerprint density at radius 3 is 2.68 bits per heavy atom. The number of benzene rings is 1. The summed E-state index contributed by atoms with van der Waals surface area (Å²) >= 11 is 6.21. The Bertz CT molecular complexity index is 1010. The number of rotatable bonds is 5. The molecule has 3 rings (SSSR count). The third-order valence-corrected chi connectivity index (χ3v) is 5.38. The van der Waals surface area contributed by atoms with Gasteiger partial charge < -0.3 is 15.3 Å². The molecule has 0 fully saturated rings. The molecule has 166 valence electrons. The lowest BCUT2D eigenvalue weighted by molar-refractivity contribution is -0.140. The van der Waals surface area contributed by atoms with Crippen molar-refractivity contribution < 1.29 is 32.3 Å². The van der Waals surface area contributed by atoms with E-state index < -0.39 is 29.9 Å². The first kappa shape index (κ1) is 23.0. The van der Waals surface area contributed by atoms with E-state index in [4.69, 9.17) is 11.6 Å². The molecule has 1 aliphatic carbocycles. The lowest BCUT2D eigenvalue weighted by Gasteiger charge is -2.33. The molecule has 1 aromatic rings. The van der Waals surface area contributed by atoms with Crippen LogP contribution in [0.1, 0.15) is 24.5 Å². The van der Waals surface area contributed by atoms with Gasteiger partial charge in [0.1, 0.15) is 5.82 Å². The van der Waals surface area contributed by atoms with Crippen molar-refractivity contribution in [1.82, 2.24) is 10.2 Å². The van der Waals surface area contributed by atoms with E-state index in [-0.39, 0.29) is 46.8 Å². The van der Waals surface area contributed by atoms with Crippen LogP contribution in [0, 0.1) is 5.82 Å². The molecular weight excluding hydrogens is 440 g/mol. The highest BCUT2D eigenvalue weighted by molar-refractivity contribution is 6.33. The van der Waals surface area contributed by atoms with Gasteiger partial charge in [-0.1, -0.05) is 23.7 Å². The van der Waals surface area contributed by atoms with Crippen LogP contribution in [0.5, 0.6) is 0 Å². The number of alkyl halides is 3. The number of hydrogen-bond acceptors (Lipinski definition) is 4. The number of nitrogens with one attached hydrogen (secondary N) is 1. The summed E-state index contributed by atoms with van der Waals surface area (Å²) in [5.41, 5.74) is -0.391. The summed E-state index contributed by atoms with van der Waals surface area (Å²) < 4.78 is 51.8. The monoisotopic (exact) mass is 458 g/mol. The zero-order valence-electron chi connectivity index (χ0n) is 16.4. The minimum atomic E-state index is -4.83. The highest BCUT2D eigenvalue weighted by Crippen LogP contribution is 2.34. The summed E-state index contributed by atoms with van der Waals surface area (Å²) in [7, 11) is 0. The molecule has 0 unspecified atom stereocenters. The number of carbonyl (C=O) groups is 2. The van der Waals surface area contributed by atoms with Crippen LogP contribution in [0.2, 0.25) is 0 Å². The van der Waals surface area contributed by atoms with E-state index >= 15 is 0 Å². The molecule has 1 amide bonds. The number of ketones is 1. The largest absolute Gasteiger partial charge is 0.419 e. The molecule has 1 aliphatic heterocycles. The van der Waals surface area contributed by atoms with E-state index in [0.29, 0.717) is 24.1 Å². The highest BCUT2D eigenvalue weighted by Gasteiger charge is 2.34. The maximum Gasteiger partial charge on any atom is 0.419 e. The van der Waals surface area contributed by atoms with Crippen molar-refractivity contribution in [2.75, 3.05) is 13.2 Å². The molecule has 2 aliphatic rings. The van der Waals surface area contributed by atoms with Crippen LogP contribution in [-0.4, -0.2) is 40.9 Å². The number of carbonyl (C=O) groups excluding carboxylic acids is 2. The van der Waals surface area contributed by atoms with Crippen molar-refractivity contribution in [1.29, 1.82) is 0 Å². The summed E-state index contributed by atoms with van der Waals surface area (Å²) in [5, 5.41) is 12.0. The SMILES string of the molecule is C[C@H](CO)N1C=C2CC=C(Cl)C(NC(=O)Cc3ccc(C(F)(F)F)c(F)c3)=C2C(=O)C1. The van der Waals surface area contributed by atoms with Crippen LogP contribution in [0.3, 0.4) is 0 Å². The quantitative estimate of drug-likeness (QED) is 0.663. The smallest absolute Gasteiger partial charge is 0.394 e. The molecule has 2 N–H and O–H groups in total. The van der Waals surface area contributed by atoms with Crippen molar-refractivity contribution in [2.45, 2.75) is 32.0 Å². The molecule has 1 heterocycles. The minimum absolute atomic E-state index is 0.00574. The molecule has 0 spiro atoms. The molecule has 0 aromatic heterocycles. The zero-order valence-corrected chi connectivity index (χ0v) is 17.1. The lowest BCUT2D eigenvalue weighted by atomic mass is 9.89. The summed E-state index contributed by atoms with van der Waals surface area (Å²) in [5.74, 6) is -2.42. The van der Waals surface area contributed by atoms with Crippen LogP contribution in [0.15, 0.2) is 52.4 Å². The van der Waals surface area contributed by atoms with Gasteiger partial charge in [0.25, 0.3) is 0 Å². The van der Waals surface area contributed by atoms with Crippen LogP contribution >= 0.6 is 11.6 Å². The van der Waals surface area contributed by atoms with Gasteiger partial charge in [0.15, 0.2) is 5.78 Å². The van der Waals surface area contributed by atoms with E-state index in [2.05, 4.69) is 5.32 Å². The van der Waals surface area contributed by atoms with Gasteiger partial charge in [-0.25, -0.2) is 4.39 Å². The number of aliphatic hydroxyl groups is 1. The molecule has 0 saturated heterocycles. The molecule has 0 saturated carbocycles. The van der Waals surface area contributed by atoms with Crippen LogP contribution in [0.4, 0.5) is 17.6 Å². The van der Waals surface area contributed by atoms with Gasteiger partial charge >= 0.3 is 6.18 Å². The van der Waals surface area contributed by atoms with Crippen molar-refractivity contribution >= 4 is 23.3 Å². The van der Waals surface area contributed by atoms with Gasteiger partial charge in [-0.15, -0.1) is 0 Å². The zero-order chi connectivity index (χ0) is 22.9. The van der Waals surface area contributed by atoms with E-state index in [1.807, 2.05) is 0 Å². The Labute approximate surface area is 180 Å². The Morgan fingerprint density at radius 2 is 2.06 bits per heavy atom. The van der Waals surface area contributed by atoms with Crippen LogP contribution < -0.4 is 5.32 Å². The third-order valence-electron chi connectivity index (χ3n) is 5.04. The third kappa shape index (κ3) is 4.99. The number of fused-ring (bicyclic) bond motifs is 1. The maximum atomic E-state index is 13.8. The van der Waals surface area contributed by atoms with E-state index in [1.54, 1.807) is 24.1 Å². The van der Waals surface area contributed by atoms with E-state index in [0.717, 1.165) is 6.07 Å².